The summed E-state index contributed by atoms with van der Waals surface area (Å²) in [5.41, 5.74) is 1.98. The monoisotopic (exact) mass is 296 g/mol. The second-order valence-electron chi connectivity index (χ2n) is 5.81. The molecule has 0 radical (unpaired) electrons. The van der Waals surface area contributed by atoms with Gasteiger partial charge in [0.1, 0.15) is 0 Å². The normalized spacial score (nSPS) is 17.1. The van der Waals surface area contributed by atoms with Crippen LogP contribution in [0.4, 0.5) is 0 Å². The van der Waals surface area contributed by atoms with Crippen molar-refractivity contribution in [3.8, 4) is 0 Å². The fourth-order valence-electron chi connectivity index (χ4n) is 2.41. The van der Waals surface area contributed by atoms with Crippen LogP contribution in [0.1, 0.15) is 37.3 Å². The molecule has 1 fully saturated rings. The van der Waals surface area contributed by atoms with E-state index in [-0.39, 0.29) is 5.41 Å². The zero-order valence-corrected chi connectivity index (χ0v) is 13.3. The van der Waals surface area contributed by atoms with Gasteiger partial charge >= 0.3 is 0 Å². The van der Waals surface area contributed by atoms with Crippen LogP contribution >= 0.6 is 0 Å². The van der Waals surface area contributed by atoms with Crippen molar-refractivity contribution in [1.82, 2.24) is 10.0 Å². The van der Waals surface area contributed by atoms with E-state index in [1.165, 1.54) is 0 Å². The number of hydrogen-bond donors (Lipinski definition) is 2. The fourth-order valence-corrected chi connectivity index (χ4v) is 3.86. The van der Waals surface area contributed by atoms with E-state index in [0.717, 1.165) is 30.4 Å². The van der Waals surface area contributed by atoms with Crippen LogP contribution in [0.5, 0.6) is 0 Å². The van der Waals surface area contributed by atoms with E-state index in [0.29, 0.717) is 18.0 Å². The first-order chi connectivity index (χ1) is 9.42. The lowest BCUT2D eigenvalue weighted by Crippen LogP contribution is -2.30. The third-order valence-electron chi connectivity index (χ3n) is 4.27. The highest BCUT2D eigenvalue weighted by atomic mass is 32.2. The van der Waals surface area contributed by atoms with Crippen molar-refractivity contribution in [3.05, 3.63) is 29.3 Å². The predicted molar refractivity (Wildman–Crippen MR) is 81.1 cm³/mol. The van der Waals surface area contributed by atoms with Crippen molar-refractivity contribution < 1.29 is 8.42 Å². The van der Waals surface area contributed by atoms with Gasteiger partial charge < -0.3 is 5.32 Å². The van der Waals surface area contributed by atoms with Crippen molar-refractivity contribution in [3.63, 3.8) is 0 Å². The van der Waals surface area contributed by atoms with Gasteiger partial charge in [-0.2, -0.15) is 0 Å². The molecule has 0 bridgehead atoms. The zero-order valence-electron chi connectivity index (χ0n) is 12.5. The van der Waals surface area contributed by atoms with E-state index in [4.69, 9.17) is 0 Å². The predicted octanol–water partition coefficient (Wildman–Crippen LogP) is 2.18. The number of nitrogens with one attached hydrogen (secondary N) is 2. The first-order valence-electron chi connectivity index (χ1n) is 7.16. The Morgan fingerprint density at radius 3 is 2.55 bits per heavy atom. The molecule has 0 heterocycles. The van der Waals surface area contributed by atoms with Crippen LogP contribution in [0.15, 0.2) is 23.1 Å². The highest BCUT2D eigenvalue weighted by Crippen LogP contribution is 2.48. The fraction of sp³-hybridized carbons (Fsp3) is 0.600. The molecule has 0 spiro atoms. The topological polar surface area (TPSA) is 58.2 Å². The van der Waals surface area contributed by atoms with Crippen molar-refractivity contribution >= 4 is 10.0 Å². The largest absolute Gasteiger partial charge is 0.316 e. The number of sulfonamides is 1. The van der Waals surface area contributed by atoms with Gasteiger partial charge in [0.05, 0.1) is 4.90 Å². The Kier molecular flexibility index (Phi) is 4.52. The molecule has 1 aliphatic carbocycles. The Morgan fingerprint density at radius 1 is 1.30 bits per heavy atom. The summed E-state index contributed by atoms with van der Waals surface area (Å²) in [4.78, 5) is 0.400. The molecular weight excluding hydrogens is 272 g/mol. The van der Waals surface area contributed by atoms with Crippen LogP contribution in [0.25, 0.3) is 0 Å². The molecule has 0 amide bonds. The van der Waals surface area contributed by atoms with E-state index in [2.05, 4.69) is 17.0 Å². The van der Waals surface area contributed by atoms with Crippen LogP contribution < -0.4 is 10.0 Å². The summed E-state index contributed by atoms with van der Waals surface area (Å²) in [5.74, 6) is 0. The molecule has 1 aromatic rings. The van der Waals surface area contributed by atoms with Gasteiger partial charge in [0, 0.05) is 13.1 Å². The molecule has 0 aliphatic heterocycles. The Labute approximate surface area is 122 Å². The molecule has 0 aromatic heterocycles. The van der Waals surface area contributed by atoms with Crippen LogP contribution in [-0.4, -0.2) is 22.0 Å². The van der Waals surface area contributed by atoms with Gasteiger partial charge in [0.25, 0.3) is 0 Å². The summed E-state index contributed by atoms with van der Waals surface area (Å²) in [6.07, 6.45) is 3.30. The summed E-state index contributed by atoms with van der Waals surface area (Å²) in [5, 5.41) is 3.04. The molecule has 1 aliphatic rings. The van der Waals surface area contributed by atoms with Crippen LogP contribution in [0.3, 0.4) is 0 Å². The molecule has 4 nitrogen and oxygen atoms in total. The number of benzene rings is 1. The molecule has 1 aromatic carbocycles. The lowest BCUT2D eigenvalue weighted by molar-refractivity contribution is 0.475. The Balaban J connectivity index is 2.17. The van der Waals surface area contributed by atoms with E-state index in [1.807, 2.05) is 26.1 Å². The maximum Gasteiger partial charge on any atom is 0.240 e. The standard InChI is InChI=1S/C15H24N2O2S/c1-4-15(7-8-15)11-17-20(18,19)14-9-13(10-16-3)6-5-12(14)2/h5-6,9,16-17H,4,7-8,10-11H2,1-3H3. The maximum absolute atomic E-state index is 12.5. The summed E-state index contributed by atoms with van der Waals surface area (Å²) in [7, 11) is -1.56. The molecule has 2 rings (SSSR count). The summed E-state index contributed by atoms with van der Waals surface area (Å²) in [6, 6.07) is 5.59. The molecule has 5 heteroatoms. The average Bonchev–Trinajstić information content (AvgIpc) is 3.20. The quantitative estimate of drug-likeness (QED) is 0.811. The van der Waals surface area contributed by atoms with Gasteiger partial charge in [-0.1, -0.05) is 19.1 Å². The molecule has 20 heavy (non-hydrogen) atoms. The minimum absolute atomic E-state index is 0.212. The van der Waals surface area contributed by atoms with E-state index < -0.39 is 10.0 Å². The van der Waals surface area contributed by atoms with Crippen LogP contribution in [-0.2, 0) is 16.6 Å². The maximum atomic E-state index is 12.5. The van der Waals surface area contributed by atoms with Gasteiger partial charge in [-0.05, 0) is 55.8 Å². The second kappa shape index (κ2) is 5.84. The number of hydrogen-bond acceptors (Lipinski definition) is 3. The van der Waals surface area contributed by atoms with Crippen molar-refractivity contribution in [2.75, 3.05) is 13.6 Å². The van der Waals surface area contributed by atoms with Crippen LogP contribution in [0, 0.1) is 12.3 Å². The van der Waals surface area contributed by atoms with Gasteiger partial charge in [-0.15, -0.1) is 0 Å². The Morgan fingerprint density at radius 2 is 2.00 bits per heavy atom. The zero-order chi connectivity index (χ0) is 14.8. The van der Waals surface area contributed by atoms with E-state index in [1.54, 1.807) is 6.07 Å². The SMILES string of the molecule is CCC1(CNS(=O)(=O)c2cc(CNC)ccc2C)CC1. The summed E-state index contributed by atoms with van der Waals surface area (Å²) in [6.45, 7) is 5.19. The molecule has 0 saturated heterocycles. The first kappa shape index (κ1) is 15.5. The lowest BCUT2D eigenvalue weighted by Gasteiger charge is -2.15. The first-order valence-corrected chi connectivity index (χ1v) is 8.64. The molecule has 0 unspecified atom stereocenters. The van der Waals surface area contributed by atoms with Gasteiger partial charge in [-0.3, -0.25) is 0 Å². The van der Waals surface area contributed by atoms with Gasteiger partial charge in [0.15, 0.2) is 0 Å². The minimum Gasteiger partial charge on any atom is -0.316 e. The second-order valence-corrected chi connectivity index (χ2v) is 7.54. The Bertz CT molecular complexity index is 578. The highest BCUT2D eigenvalue weighted by molar-refractivity contribution is 7.89. The lowest BCUT2D eigenvalue weighted by atomic mass is 10.1. The van der Waals surface area contributed by atoms with E-state index in [9.17, 15) is 8.42 Å². The van der Waals surface area contributed by atoms with E-state index >= 15 is 0 Å². The third-order valence-corrected chi connectivity index (χ3v) is 5.81. The molecule has 1 saturated carbocycles. The molecule has 0 atom stereocenters. The summed E-state index contributed by atoms with van der Waals surface area (Å²) >= 11 is 0. The highest BCUT2D eigenvalue weighted by Gasteiger charge is 2.41. The van der Waals surface area contributed by atoms with Crippen molar-refractivity contribution in [1.29, 1.82) is 0 Å². The smallest absolute Gasteiger partial charge is 0.240 e. The minimum atomic E-state index is -3.41. The van der Waals surface area contributed by atoms with Crippen molar-refractivity contribution in [2.45, 2.75) is 44.6 Å². The average molecular weight is 296 g/mol. The van der Waals surface area contributed by atoms with Crippen molar-refractivity contribution in [2.24, 2.45) is 5.41 Å². The molecule has 2 N–H and O–H groups in total. The summed E-state index contributed by atoms with van der Waals surface area (Å²) < 4.78 is 27.7. The van der Waals surface area contributed by atoms with Gasteiger partial charge in [-0.25, -0.2) is 13.1 Å². The molecule has 112 valence electrons. The van der Waals surface area contributed by atoms with Gasteiger partial charge in [0.2, 0.25) is 10.0 Å². The number of rotatable bonds is 7. The number of aryl methyl sites for hydroxylation is 1. The molecular formula is C15H24N2O2S. The van der Waals surface area contributed by atoms with Crippen LogP contribution in [0.2, 0.25) is 0 Å². The third kappa shape index (κ3) is 3.40. The Hall–Kier alpha value is -0.910.